The van der Waals surface area contributed by atoms with Gasteiger partial charge in [-0.25, -0.2) is 0 Å². The fourth-order valence-corrected chi connectivity index (χ4v) is 2.70. The Morgan fingerprint density at radius 3 is 2.77 bits per heavy atom. The Balaban J connectivity index is 1.74. The number of hydrogen-bond acceptors (Lipinski definition) is 2. The molecule has 1 amide bonds. The standard InChI is InChI=1S/C17H14IN3O/c18-15-6-2-5-14(11-15)17(22)20-16-7-1-4-13(10-16)12-21-9-3-8-19-21/h1-11H,12H2,(H,20,22). The maximum Gasteiger partial charge on any atom is 0.255 e. The van der Waals surface area contributed by atoms with Crippen molar-refractivity contribution in [3.8, 4) is 0 Å². The van der Waals surface area contributed by atoms with Crippen LogP contribution in [0.5, 0.6) is 0 Å². The van der Waals surface area contributed by atoms with Crippen LogP contribution in [0.25, 0.3) is 0 Å². The average molecular weight is 403 g/mol. The summed E-state index contributed by atoms with van der Waals surface area (Å²) >= 11 is 2.20. The van der Waals surface area contributed by atoms with Crippen LogP contribution in [0, 0.1) is 3.57 Å². The third-order valence-electron chi connectivity index (χ3n) is 3.18. The molecule has 3 aromatic rings. The summed E-state index contributed by atoms with van der Waals surface area (Å²) < 4.78 is 2.89. The molecule has 0 saturated carbocycles. The van der Waals surface area contributed by atoms with Crippen molar-refractivity contribution in [2.24, 2.45) is 0 Å². The predicted octanol–water partition coefficient (Wildman–Crippen LogP) is 3.79. The zero-order chi connectivity index (χ0) is 15.4. The molecule has 2 aromatic carbocycles. The van der Waals surface area contributed by atoms with Crippen molar-refractivity contribution in [3.63, 3.8) is 0 Å². The van der Waals surface area contributed by atoms with Crippen LogP contribution in [-0.2, 0) is 6.54 Å². The summed E-state index contributed by atoms with van der Waals surface area (Å²) in [7, 11) is 0. The summed E-state index contributed by atoms with van der Waals surface area (Å²) in [5.41, 5.74) is 2.53. The van der Waals surface area contributed by atoms with Gasteiger partial charge in [-0.2, -0.15) is 5.10 Å². The van der Waals surface area contributed by atoms with E-state index in [4.69, 9.17) is 0 Å². The first-order valence-corrected chi connectivity index (χ1v) is 7.92. The molecule has 0 bridgehead atoms. The molecule has 1 aromatic heterocycles. The van der Waals surface area contributed by atoms with Crippen molar-refractivity contribution >= 4 is 34.2 Å². The lowest BCUT2D eigenvalue weighted by molar-refractivity contribution is 0.102. The third kappa shape index (κ3) is 3.73. The smallest absolute Gasteiger partial charge is 0.255 e. The second kappa shape index (κ2) is 6.74. The minimum Gasteiger partial charge on any atom is -0.322 e. The highest BCUT2D eigenvalue weighted by Crippen LogP contribution is 2.14. The molecule has 5 heteroatoms. The molecule has 110 valence electrons. The molecule has 0 unspecified atom stereocenters. The van der Waals surface area contributed by atoms with Crippen LogP contribution in [-0.4, -0.2) is 15.7 Å². The van der Waals surface area contributed by atoms with Gasteiger partial charge in [0, 0.05) is 27.2 Å². The number of benzene rings is 2. The maximum atomic E-state index is 12.3. The van der Waals surface area contributed by atoms with Crippen molar-refractivity contribution in [1.29, 1.82) is 0 Å². The van der Waals surface area contributed by atoms with Gasteiger partial charge in [-0.3, -0.25) is 9.48 Å². The Kier molecular flexibility index (Phi) is 4.53. The fraction of sp³-hybridized carbons (Fsp3) is 0.0588. The number of carbonyl (C=O) groups excluding carboxylic acids is 1. The van der Waals surface area contributed by atoms with Crippen LogP contribution in [0.15, 0.2) is 67.0 Å². The lowest BCUT2D eigenvalue weighted by Crippen LogP contribution is -2.12. The zero-order valence-corrected chi connectivity index (χ0v) is 13.9. The summed E-state index contributed by atoms with van der Waals surface area (Å²) in [6.45, 7) is 0.681. The number of amides is 1. The highest BCUT2D eigenvalue weighted by Gasteiger charge is 2.07. The van der Waals surface area contributed by atoms with Crippen molar-refractivity contribution in [2.45, 2.75) is 6.54 Å². The number of nitrogens with zero attached hydrogens (tertiary/aromatic N) is 2. The fourth-order valence-electron chi connectivity index (χ4n) is 2.16. The van der Waals surface area contributed by atoms with Gasteiger partial charge in [0.1, 0.15) is 0 Å². The second-order valence-corrected chi connectivity index (χ2v) is 6.11. The first-order chi connectivity index (χ1) is 10.7. The quantitative estimate of drug-likeness (QED) is 0.674. The zero-order valence-electron chi connectivity index (χ0n) is 11.7. The van der Waals surface area contributed by atoms with Crippen LogP contribution in [0.4, 0.5) is 5.69 Å². The van der Waals surface area contributed by atoms with Crippen molar-refractivity contribution in [2.75, 3.05) is 5.32 Å². The van der Waals surface area contributed by atoms with Gasteiger partial charge >= 0.3 is 0 Å². The molecule has 0 aliphatic heterocycles. The molecule has 0 fully saturated rings. The highest BCUT2D eigenvalue weighted by molar-refractivity contribution is 14.1. The molecule has 0 radical (unpaired) electrons. The SMILES string of the molecule is O=C(Nc1cccc(Cn2cccn2)c1)c1cccc(I)c1. The Bertz CT molecular complexity index is 784. The Morgan fingerprint density at radius 1 is 1.14 bits per heavy atom. The molecule has 0 aliphatic rings. The summed E-state index contributed by atoms with van der Waals surface area (Å²) in [6.07, 6.45) is 3.67. The predicted molar refractivity (Wildman–Crippen MR) is 94.9 cm³/mol. The minimum absolute atomic E-state index is 0.102. The number of hydrogen-bond donors (Lipinski definition) is 1. The van der Waals surface area contributed by atoms with E-state index in [-0.39, 0.29) is 5.91 Å². The average Bonchev–Trinajstić information content (AvgIpc) is 3.00. The Morgan fingerprint density at radius 2 is 2.00 bits per heavy atom. The first-order valence-electron chi connectivity index (χ1n) is 6.84. The second-order valence-electron chi connectivity index (χ2n) is 4.87. The van der Waals surface area contributed by atoms with Crippen molar-refractivity contribution in [1.82, 2.24) is 9.78 Å². The van der Waals surface area contributed by atoms with E-state index in [9.17, 15) is 4.79 Å². The first kappa shape index (κ1) is 14.8. The van der Waals surface area contributed by atoms with Crippen LogP contribution in [0.1, 0.15) is 15.9 Å². The topological polar surface area (TPSA) is 46.9 Å². The molecule has 22 heavy (non-hydrogen) atoms. The number of anilines is 1. The molecule has 0 spiro atoms. The van der Waals surface area contributed by atoms with Gasteiger partial charge in [-0.15, -0.1) is 0 Å². The molecular weight excluding hydrogens is 389 g/mol. The molecule has 4 nitrogen and oxygen atoms in total. The van der Waals surface area contributed by atoms with Crippen LogP contribution < -0.4 is 5.32 Å². The normalized spacial score (nSPS) is 10.4. The van der Waals surface area contributed by atoms with Gasteiger partial charge < -0.3 is 5.32 Å². The molecule has 0 saturated heterocycles. The van der Waals surface area contributed by atoms with E-state index in [0.29, 0.717) is 12.1 Å². The van der Waals surface area contributed by atoms with E-state index in [2.05, 4.69) is 33.0 Å². The number of carbonyl (C=O) groups is 1. The van der Waals surface area contributed by atoms with Gasteiger partial charge in [0.2, 0.25) is 0 Å². The van der Waals surface area contributed by atoms with Crippen molar-refractivity contribution in [3.05, 3.63) is 81.7 Å². The Labute approximate surface area is 142 Å². The van der Waals surface area contributed by atoms with Gasteiger partial charge in [0.05, 0.1) is 6.54 Å². The number of rotatable bonds is 4. The lowest BCUT2D eigenvalue weighted by atomic mass is 10.1. The van der Waals surface area contributed by atoms with Crippen LogP contribution >= 0.6 is 22.6 Å². The minimum atomic E-state index is -0.102. The summed E-state index contributed by atoms with van der Waals surface area (Å²) in [5.74, 6) is -0.102. The molecule has 0 atom stereocenters. The summed E-state index contributed by atoms with van der Waals surface area (Å²) in [5, 5.41) is 7.12. The van der Waals surface area contributed by atoms with Crippen molar-refractivity contribution < 1.29 is 4.79 Å². The molecule has 3 rings (SSSR count). The van der Waals surface area contributed by atoms with Gasteiger partial charge in [0.15, 0.2) is 0 Å². The summed E-state index contributed by atoms with van der Waals surface area (Å²) in [4.78, 5) is 12.3. The van der Waals surface area contributed by atoms with Gasteiger partial charge in [-0.1, -0.05) is 18.2 Å². The van der Waals surface area contributed by atoms with E-state index < -0.39 is 0 Å². The highest BCUT2D eigenvalue weighted by atomic mass is 127. The van der Waals surface area contributed by atoms with E-state index >= 15 is 0 Å². The maximum absolute atomic E-state index is 12.3. The molecule has 0 aliphatic carbocycles. The monoisotopic (exact) mass is 403 g/mol. The van der Waals surface area contributed by atoms with E-state index in [1.54, 1.807) is 6.20 Å². The van der Waals surface area contributed by atoms with E-state index in [0.717, 1.165) is 14.8 Å². The summed E-state index contributed by atoms with van der Waals surface area (Å²) in [6, 6.07) is 17.2. The molecular formula is C17H14IN3O. The van der Waals surface area contributed by atoms with Gasteiger partial charge in [-0.05, 0) is 64.6 Å². The van der Waals surface area contributed by atoms with Crippen LogP contribution in [0.2, 0.25) is 0 Å². The van der Waals surface area contributed by atoms with Crippen LogP contribution in [0.3, 0.4) is 0 Å². The number of nitrogens with one attached hydrogen (secondary N) is 1. The van der Waals surface area contributed by atoms with E-state index in [1.807, 2.05) is 65.5 Å². The third-order valence-corrected chi connectivity index (χ3v) is 3.85. The molecule has 1 N–H and O–H groups in total. The largest absolute Gasteiger partial charge is 0.322 e. The van der Waals surface area contributed by atoms with E-state index in [1.165, 1.54) is 0 Å². The van der Waals surface area contributed by atoms with Gasteiger partial charge in [0.25, 0.3) is 5.91 Å². The molecule has 1 heterocycles. The Hall–Kier alpha value is -2.15. The number of halogens is 1. The number of aromatic nitrogens is 2. The lowest BCUT2D eigenvalue weighted by Gasteiger charge is -2.08.